The van der Waals surface area contributed by atoms with Gasteiger partial charge in [0.25, 0.3) is 0 Å². The largest absolute Gasteiger partial charge is 0.461 e. The van der Waals surface area contributed by atoms with E-state index in [-0.39, 0.29) is 11.9 Å². The summed E-state index contributed by atoms with van der Waals surface area (Å²) in [5.41, 5.74) is 1.04. The first-order valence-electron chi connectivity index (χ1n) is 9.87. The van der Waals surface area contributed by atoms with Gasteiger partial charge in [0.15, 0.2) is 6.19 Å². The van der Waals surface area contributed by atoms with Gasteiger partial charge in [0.05, 0.1) is 5.92 Å². The molecule has 4 rings (SSSR count). The van der Waals surface area contributed by atoms with Crippen LogP contribution >= 0.6 is 0 Å². The summed E-state index contributed by atoms with van der Waals surface area (Å²) in [4.78, 5) is 17.0. The highest BCUT2D eigenvalue weighted by Crippen LogP contribution is 2.38. The van der Waals surface area contributed by atoms with E-state index >= 15 is 0 Å². The molecule has 2 bridgehead atoms. The zero-order valence-electron chi connectivity index (χ0n) is 15.2. The predicted molar refractivity (Wildman–Crippen MR) is 97.8 cm³/mol. The molecular formula is C21H27N3O2. The molecular weight excluding hydrogens is 326 g/mol. The summed E-state index contributed by atoms with van der Waals surface area (Å²) >= 11 is 0. The summed E-state index contributed by atoms with van der Waals surface area (Å²) < 4.78 is 5.52. The van der Waals surface area contributed by atoms with Gasteiger partial charge in [0.2, 0.25) is 0 Å². The molecule has 3 heterocycles. The second-order valence-electron chi connectivity index (χ2n) is 7.92. The van der Waals surface area contributed by atoms with Crippen LogP contribution in [0.25, 0.3) is 0 Å². The highest BCUT2D eigenvalue weighted by atomic mass is 16.5. The molecule has 3 aliphatic heterocycles. The van der Waals surface area contributed by atoms with E-state index in [2.05, 4.69) is 11.1 Å². The first kappa shape index (κ1) is 17.4. The number of nitrogens with zero attached hydrogens (tertiary/aromatic N) is 3. The fourth-order valence-electron chi connectivity index (χ4n) is 4.96. The van der Waals surface area contributed by atoms with Crippen molar-refractivity contribution in [3.05, 3.63) is 35.9 Å². The molecule has 5 nitrogen and oxygen atoms in total. The van der Waals surface area contributed by atoms with Crippen LogP contribution < -0.4 is 0 Å². The molecule has 0 aliphatic carbocycles. The highest BCUT2D eigenvalue weighted by Gasteiger charge is 2.43. The van der Waals surface area contributed by atoms with Crippen molar-refractivity contribution in [1.29, 1.82) is 5.26 Å². The van der Waals surface area contributed by atoms with Gasteiger partial charge in [-0.25, -0.2) is 0 Å². The lowest BCUT2D eigenvalue weighted by molar-refractivity contribution is -0.151. The van der Waals surface area contributed by atoms with E-state index in [0.717, 1.165) is 57.2 Å². The van der Waals surface area contributed by atoms with Crippen LogP contribution in [0.2, 0.25) is 0 Å². The highest BCUT2D eigenvalue weighted by molar-refractivity contribution is 5.72. The minimum Gasteiger partial charge on any atom is -0.461 e. The molecule has 3 saturated heterocycles. The van der Waals surface area contributed by atoms with E-state index in [9.17, 15) is 10.1 Å². The molecule has 0 radical (unpaired) electrons. The van der Waals surface area contributed by atoms with Crippen LogP contribution in [0.15, 0.2) is 30.3 Å². The average Bonchev–Trinajstić information content (AvgIpc) is 2.94. The van der Waals surface area contributed by atoms with Gasteiger partial charge in [-0.2, -0.15) is 5.26 Å². The Hall–Kier alpha value is -2.06. The zero-order valence-corrected chi connectivity index (χ0v) is 15.2. The first-order chi connectivity index (χ1) is 12.7. The minimum atomic E-state index is -0.0483. The van der Waals surface area contributed by atoms with Crippen molar-refractivity contribution in [1.82, 2.24) is 9.80 Å². The van der Waals surface area contributed by atoms with E-state index in [1.807, 2.05) is 35.2 Å². The van der Waals surface area contributed by atoms with Crippen LogP contribution in [0, 0.1) is 17.4 Å². The minimum absolute atomic E-state index is 0.0332. The summed E-state index contributed by atoms with van der Waals surface area (Å²) in [6.07, 6.45) is 8.71. The van der Waals surface area contributed by atoms with Crippen molar-refractivity contribution >= 4 is 5.97 Å². The molecule has 26 heavy (non-hydrogen) atoms. The average molecular weight is 353 g/mol. The maximum absolute atomic E-state index is 12.4. The Bertz CT molecular complexity index is 650. The van der Waals surface area contributed by atoms with Crippen molar-refractivity contribution in [2.24, 2.45) is 5.92 Å². The fraction of sp³-hybridized carbons (Fsp3) is 0.619. The number of esters is 1. The summed E-state index contributed by atoms with van der Waals surface area (Å²) in [6.45, 7) is 2.32. The molecule has 3 aliphatic rings. The molecule has 138 valence electrons. The summed E-state index contributed by atoms with van der Waals surface area (Å²) in [5, 5.41) is 9.31. The van der Waals surface area contributed by atoms with Crippen molar-refractivity contribution in [3.8, 4) is 6.19 Å². The van der Waals surface area contributed by atoms with Gasteiger partial charge in [0, 0.05) is 18.1 Å². The number of hydrogen-bond acceptors (Lipinski definition) is 5. The molecule has 2 atom stereocenters. The smallest absolute Gasteiger partial charge is 0.309 e. The number of piperidine rings is 2. The molecule has 1 aromatic rings. The number of benzene rings is 1. The fourth-order valence-corrected chi connectivity index (χ4v) is 4.96. The third-order valence-corrected chi connectivity index (χ3v) is 6.43. The Balaban J connectivity index is 1.24. The number of carbonyl (C=O) groups is 1. The lowest BCUT2D eigenvalue weighted by atomic mass is 9.91. The normalized spacial score (nSPS) is 29.3. The quantitative estimate of drug-likeness (QED) is 0.615. The molecule has 0 saturated carbocycles. The Morgan fingerprint density at radius 3 is 2.31 bits per heavy atom. The summed E-state index contributed by atoms with van der Waals surface area (Å²) in [5.74, 6) is -0.0150. The third-order valence-electron chi connectivity index (χ3n) is 6.43. The Labute approximate surface area is 155 Å². The molecule has 3 fully saturated rings. The van der Waals surface area contributed by atoms with Gasteiger partial charge in [-0.15, -0.1) is 0 Å². The van der Waals surface area contributed by atoms with Gasteiger partial charge in [-0.1, -0.05) is 30.3 Å². The van der Waals surface area contributed by atoms with Crippen LogP contribution in [-0.4, -0.2) is 47.0 Å². The number of hydrogen-bond donors (Lipinski definition) is 0. The predicted octanol–water partition coefficient (Wildman–Crippen LogP) is 2.92. The second kappa shape index (κ2) is 7.67. The number of fused-ring (bicyclic) bond motifs is 2. The van der Waals surface area contributed by atoms with Gasteiger partial charge >= 0.3 is 5.97 Å². The number of nitriles is 1. The summed E-state index contributed by atoms with van der Waals surface area (Å²) in [7, 11) is 0. The second-order valence-corrected chi connectivity index (χ2v) is 7.92. The monoisotopic (exact) mass is 353 g/mol. The molecule has 0 aromatic heterocycles. The van der Waals surface area contributed by atoms with Gasteiger partial charge < -0.3 is 14.5 Å². The van der Waals surface area contributed by atoms with Gasteiger partial charge in [-0.05, 0) is 57.2 Å². The number of ether oxygens (including phenoxy) is 1. The van der Waals surface area contributed by atoms with Gasteiger partial charge in [0.1, 0.15) is 6.61 Å². The van der Waals surface area contributed by atoms with Crippen LogP contribution in [0.3, 0.4) is 0 Å². The van der Waals surface area contributed by atoms with Crippen LogP contribution in [-0.2, 0) is 16.1 Å². The number of carbonyl (C=O) groups excluding carboxylic acids is 1. The van der Waals surface area contributed by atoms with Crippen molar-refractivity contribution in [3.63, 3.8) is 0 Å². The Kier molecular flexibility index (Phi) is 5.12. The molecule has 0 spiro atoms. The lowest BCUT2D eigenvalue weighted by Gasteiger charge is -2.43. The Morgan fingerprint density at radius 1 is 1.04 bits per heavy atom. The molecule has 0 unspecified atom stereocenters. The maximum atomic E-state index is 12.4. The van der Waals surface area contributed by atoms with E-state index in [4.69, 9.17) is 4.74 Å². The van der Waals surface area contributed by atoms with E-state index in [1.165, 1.54) is 0 Å². The zero-order chi connectivity index (χ0) is 17.9. The van der Waals surface area contributed by atoms with Gasteiger partial charge in [-0.3, -0.25) is 4.79 Å². The third kappa shape index (κ3) is 3.57. The number of likely N-dealkylation sites (tertiary alicyclic amines) is 1. The maximum Gasteiger partial charge on any atom is 0.309 e. The van der Waals surface area contributed by atoms with Crippen molar-refractivity contribution in [2.75, 3.05) is 13.1 Å². The molecule has 0 N–H and O–H groups in total. The number of rotatable bonds is 4. The van der Waals surface area contributed by atoms with Crippen LogP contribution in [0.1, 0.15) is 44.1 Å². The Morgan fingerprint density at radius 2 is 1.69 bits per heavy atom. The van der Waals surface area contributed by atoms with E-state index in [1.54, 1.807) is 0 Å². The standard InChI is InChI=1S/C21H27N3O2/c22-15-24-18-6-7-19(24)13-20(12-18)23-10-8-17(9-11-23)21(25)26-14-16-4-2-1-3-5-16/h1-5,17-20H,6-14H2/t18-,19-/m1/s1. The summed E-state index contributed by atoms with van der Waals surface area (Å²) in [6, 6.07) is 11.3. The van der Waals surface area contributed by atoms with Crippen molar-refractivity contribution < 1.29 is 9.53 Å². The topological polar surface area (TPSA) is 56.6 Å². The lowest BCUT2D eigenvalue weighted by Crippen LogP contribution is -2.51. The van der Waals surface area contributed by atoms with E-state index in [0.29, 0.717) is 24.7 Å². The van der Waals surface area contributed by atoms with E-state index < -0.39 is 0 Å². The molecule has 5 heteroatoms. The first-order valence-corrected chi connectivity index (χ1v) is 9.87. The molecule has 1 aromatic carbocycles. The van der Waals surface area contributed by atoms with Crippen molar-refractivity contribution in [2.45, 2.75) is 63.3 Å². The SMILES string of the molecule is N#CN1[C@@H]2CC[C@@H]1CC(N1CCC(C(=O)OCc3ccccc3)CC1)C2. The molecule has 0 amide bonds. The van der Waals surface area contributed by atoms with Crippen LogP contribution in [0.5, 0.6) is 0 Å². The van der Waals surface area contributed by atoms with Crippen LogP contribution in [0.4, 0.5) is 0 Å².